The molecule has 3 N–H and O–H groups in total. The first-order valence-electron chi connectivity index (χ1n) is 7.16. The highest BCUT2D eigenvalue weighted by Gasteiger charge is 2.26. The molecule has 0 spiro atoms. The Hall–Kier alpha value is -2.96. The number of aliphatic carboxylic acids is 1. The number of oxazole rings is 1. The third kappa shape index (κ3) is 2.40. The van der Waals surface area contributed by atoms with Gasteiger partial charge in [-0.1, -0.05) is 13.0 Å². The maximum atomic E-state index is 11.6. The lowest BCUT2D eigenvalue weighted by Gasteiger charge is -2.24. The van der Waals surface area contributed by atoms with Crippen LogP contribution in [0.5, 0.6) is 0 Å². The van der Waals surface area contributed by atoms with E-state index in [0.717, 1.165) is 0 Å². The van der Waals surface area contributed by atoms with Gasteiger partial charge < -0.3 is 19.9 Å². The molecular weight excluding hydrogens is 300 g/mol. The average Bonchev–Trinajstić information content (AvgIpc) is 2.80. The Bertz CT molecular complexity index is 916. The van der Waals surface area contributed by atoms with Crippen molar-refractivity contribution < 1.29 is 19.4 Å². The molecule has 120 valence electrons. The number of carboxylic acid groups (broad SMARTS) is 1. The predicted molar refractivity (Wildman–Crippen MR) is 83.9 cm³/mol. The highest BCUT2D eigenvalue weighted by atomic mass is 16.4. The van der Waals surface area contributed by atoms with Gasteiger partial charge in [-0.2, -0.15) is 0 Å². The van der Waals surface area contributed by atoms with Gasteiger partial charge in [-0.25, -0.2) is 9.59 Å². The van der Waals surface area contributed by atoms with Crippen LogP contribution in [0, 0.1) is 0 Å². The molecule has 1 unspecified atom stereocenters. The van der Waals surface area contributed by atoms with Crippen molar-refractivity contribution in [2.75, 3.05) is 0 Å². The minimum Gasteiger partial charge on any atom is -0.508 e. The van der Waals surface area contributed by atoms with Crippen LogP contribution in [0.1, 0.15) is 18.9 Å². The number of carboxylic acids is 1. The maximum Gasteiger partial charge on any atom is 0.419 e. The lowest BCUT2D eigenvalue weighted by molar-refractivity contribution is -0.137. The summed E-state index contributed by atoms with van der Waals surface area (Å²) in [6, 6.07) is 4.13. The molecule has 2 aromatic rings. The summed E-state index contributed by atoms with van der Waals surface area (Å²) in [5.74, 6) is -1.61. The smallest absolute Gasteiger partial charge is 0.419 e. The summed E-state index contributed by atoms with van der Waals surface area (Å²) in [4.78, 5) is 22.8. The highest BCUT2D eigenvalue weighted by molar-refractivity contribution is 5.85. The van der Waals surface area contributed by atoms with Gasteiger partial charge in [0.05, 0.1) is 5.52 Å². The maximum absolute atomic E-state index is 11.6. The Balaban J connectivity index is 2.16. The standard InChI is InChI=1S/C16H16N2O5/c1-3-9-12(19)7-10(15(20)21)17-14(9)8-4-5-11-13(6-8)23-16(22)18(11)2/h4-7,10,17,19H,3H2,1-2H3,(H,20,21). The number of aliphatic hydroxyl groups excluding tert-OH is 1. The number of rotatable bonds is 3. The number of hydrogen-bond donors (Lipinski definition) is 3. The van der Waals surface area contributed by atoms with Crippen LogP contribution in [0.3, 0.4) is 0 Å². The summed E-state index contributed by atoms with van der Waals surface area (Å²) in [6.45, 7) is 1.86. The van der Waals surface area contributed by atoms with Crippen molar-refractivity contribution in [1.29, 1.82) is 0 Å². The zero-order valence-corrected chi connectivity index (χ0v) is 12.7. The van der Waals surface area contributed by atoms with Crippen LogP contribution in [0.25, 0.3) is 16.8 Å². The fourth-order valence-corrected chi connectivity index (χ4v) is 2.71. The molecule has 0 aliphatic carbocycles. The fourth-order valence-electron chi connectivity index (χ4n) is 2.71. The number of nitrogens with zero attached hydrogens (tertiary/aromatic N) is 1. The Morgan fingerprint density at radius 2 is 2.17 bits per heavy atom. The van der Waals surface area contributed by atoms with E-state index in [1.807, 2.05) is 6.92 Å². The van der Waals surface area contributed by atoms with Crippen molar-refractivity contribution in [2.45, 2.75) is 19.4 Å². The van der Waals surface area contributed by atoms with E-state index in [-0.39, 0.29) is 5.76 Å². The summed E-state index contributed by atoms with van der Waals surface area (Å²) in [7, 11) is 1.61. The third-order valence-corrected chi connectivity index (χ3v) is 3.94. The molecule has 23 heavy (non-hydrogen) atoms. The SMILES string of the molecule is CCC1=C(c2ccc3c(c2)oc(=O)n3C)NC(C(=O)O)C=C1O. The van der Waals surface area contributed by atoms with Gasteiger partial charge in [-0.05, 0) is 24.6 Å². The Morgan fingerprint density at radius 1 is 1.43 bits per heavy atom. The Morgan fingerprint density at radius 3 is 2.83 bits per heavy atom. The molecule has 7 heteroatoms. The van der Waals surface area contributed by atoms with E-state index in [9.17, 15) is 19.8 Å². The molecule has 2 heterocycles. The fraction of sp³-hybridized carbons (Fsp3) is 0.250. The van der Waals surface area contributed by atoms with Crippen molar-refractivity contribution in [3.63, 3.8) is 0 Å². The quantitative estimate of drug-likeness (QED) is 0.797. The number of aliphatic hydroxyl groups is 1. The zero-order chi connectivity index (χ0) is 16.7. The molecule has 1 aromatic carbocycles. The topological polar surface area (TPSA) is 105 Å². The average molecular weight is 316 g/mol. The third-order valence-electron chi connectivity index (χ3n) is 3.94. The van der Waals surface area contributed by atoms with Crippen molar-refractivity contribution in [2.24, 2.45) is 7.05 Å². The number of aryl methyl sites for hydroxylation is 1. The Kier molecular flexibility index (Phi) is 3.48. The normalized spacial score (nSPS) is 18.0. The zero-order valence-electron chi connectivity index (χ0n) is 12.7. The number of carbonyl (C=O) groups is 1. The van der Waals surface area contributed by atoms with Crippen LogP contribution in [-0.4, -0.2) is 26.8 Å². The van der Waals surface area contributed by atoms with E-state index in [4.69, 9.17) is 4.42 Å². The van der Waals surface area contributed by atoms with Crippen LogP contribution in [-0.2, 0) is 11.8 Å². The van der Waals surface area contributed by atoms with E-state index in [1.165, 1.54) is 10.6 Å². The highest BCUT2D eigenvalue weighted by Crippen LogP contribution is 2.29. The van der Waals surface area contributed by atoms with Gasteiger partial charge in [0.2, 0.25) is 0 Å². The van der Waals surface area contributed by atoms with Gasteiger partial charge in [0.25, 0.3) is 0 Å². The molecule has 1 atom stereocenters. The van der Waals surface area contributed by atoms with Gasteiger partial charge in [0, 0.05) is 23.9 Å². The second kappa shape index (κ2) is 5.35. The van der Waals surface area contributed by atoms with Crippen LogP contribution >= 0.6 is 0 Å². The summed E-state index contributed by atoms with van der Waals surface area (Å²) in [6.07, 6.45) is 1.79. The molecule has 0 saturated carbocycles. The van der Waals surface area contributed by atoms with Crippen molar-refractivity contribution in [3.8, 4) is 0 Å². The minimum atomic E-state index is -1.09. The molecule has 3 rings (SSSR count). The first-order valence-corrected chi connectivity index (χ1v) is 7.16. The van der Waals surface area contributed by atoms with E-state index in [1.54, 1.807) is 25.2 Å². The molecule has 1 aliphatic rings. The molecule has 0 amide bonds. The Labute approximate surface area is 131 Å². The van der Waals surface area contributed by atoms with Crippen LogP contribution in [0.4, 0.5) is 0 Å². The van der Waals surface area contributed by atoms with Gasteiger partial charge in [0.1, 0.15) is 11.8 Å². The van der Waals surface area contributed by atoms with E-state index in [0.29, 0.717) is 34.4 Å². The minimum absolute atomic E-state index is 0.0525. The monoisotopic (exact) mass is 316 g/mol. The molecular formula is C16H16N2O5. The molecule has 0 fully saturated rings. The number of allylic oxidation sites excluding steroid dienone is 1. The van der Waals surface area contributed by atoms with Crippen LogP contribution in [0.15, 0.2) is 44.8 Å². The number of hydrogen-bond acceptors (Lipinski definition) is 5. The summed E-state index contributed by atoms with van der Waals surface area (Å²) in [5, 5.41) is 22.2. The largest absolute Gasteiger partial charge is 0.508 e. The van der Waals surface area contributed by atoms with Gasteiger partial charge >= 0.3 is 11.7 Å². The van der Waals surface area contributed by atoms with Crippen LogP contribution in [0.2, 0.25) is 0 Å². The summed E-state index contributed by atoms with van der Waals surface area (Å²) >= 11 is 0. The van der Waals surface area contributed by atoms with E-state index in [2.05, 4.69) is 5.32 Å². The van der Waals surface area contributed by atoms with Crippen LogP contribution < -0.4 is 11.1 Å². The van der Waals surface area contributed by atoms with Crippen molar-refractivity contribution in [3.05, 3.63) is 51.7 Å². The number of fused-ring (bicyclic) bond motifs is 1. The van der Waals surface area contributed by atoms with Gasteiger partial charge in [0.15, 0.2) is 5.58 Å². The molecule has 7 nitrogen and oxygen atoms in total. The van der Waals surface area contributed by atoms with Crippen molar-refractivity contribution >= 4 is 22.8 Å². The van der Waals surface area contributed by atoms with Gasteiger partial charge in [-0.15, -0.1) is 0 Å². The second-order valence-electron chi connectivity index (χ2n) is 5.33. The summed E-state index contributed by atoms with van der Waals surface area (Å²) < 4.78 is 6.55. The van der Waals surface area contributed by atoms with E-state index < -0.39 is 17.8 Å². The van der Waals surface area contributed by atoms with Gasteiger partial charge in [-0.3, -0.25) is 4.57 Å². The molecule has 0 radical (unpaired) electrons. The number of nitrogens with one attached hydrogen (secondary N) is 1. The lowest BCUT2D eigenvalue weighted by Crippen LogP contribution is -2.37. The summed E-state index contributed by atoms with van der Waals surface area (Å²) in [5.41, 5.74) is 2.83. The number of aromatic nitrogens is 1. The molecule has 1 aromatic heterocycles. The number of benzene rings is 1. The molecule has 0 saturated heterocycles. The molecule has 0 bridgehead atoms. The predicted octanol–water partition coefficient (Wildman–Crippen LogP) is 1.75. The number of dihydropyridines is 1. The lowest BCUT2D eigenvalue weighted by atomic mass is 9.97. The second-order valence-corrected chi connectivity index (χ2v) is 5.33. The van der Waals surface area contributed by atoms with E-state index >= 15 is 0 Å². The molecule has 1 aliphatic heterocycles. The van der Waals surface area contributed by atoms with Crippen molar-refractivity contribution in [1.82, 2.24) is 9.88 Å². The first kappa shape index (κ1) is 15.0. The first-order chi connectivity index (χ1) is 10.9.